The number of nitrogens with one attached hydrogen (secondary N) is 2. The predicted octanol–water partition coefficient (Wildman–Crippen LogP) is 6.61. The second kappa shape index (κ2) is 13.5. The zero-order chi connectivity index (χ0) is 28.6. The van der Waals surface area contributed by atoms with Crippen molar-refractivity contribution in [2.24, 2.45) is 10.7 Å². The molecule has 0 fully saturated rings. The van der Waals surface area contributed by atoms with Crippen molar-refractivity contribution in [1.82, 2.24) is 10.2 Å². The van der Waals surface area contributed by atoms with Crippen LogP contribution in [-0.4, -0.2) is 48.4 Å². The van der Waals surface area contributed by atoms with Crippen molar-refractivity contribution in [3.05, 3.63) is 75.5 Å². The smallest absolute Gasteiger partial charge is 0.390 e. The molecule has 4 N–H and O–H groups in total. The molecule has 0 aliphatic heterocycles. The number of carbonyl (C=O) groups excluding carboxylic acids is 1. The van der Waals surface area contributed by atoms with Crippen LogP contribution in [0.4, 0.5) is 23.0 Å². The third kappa shape index (κ3) is 8.71. The number of aliphatic imine (C=N–C) groups is 1. The molecule has 1 aromatic heterocycles. The number of urea groups is 1. The number of benzene rings is 1. The zero-order valence-corrected chi connectivity index (χ0v) is 23.1. The molecule has 0 bridgehead atoms. The molecule has 0 radical (unpaired) electrons. The summed E-state index contributed by atoms with van der Waals surface area (Å²) in [4.78, 5) is 18.6. The van der Waals surface area contributed by atoms with E-state index in [9.17, 15) is 18.0 Å². The first-order valence-corrected chi connectivity index (χ1v) is 13.6. The number of aryl methyl sites for hydroxylation is 2. The third-order valence-corrected chi connectivity index (χ3v) is 7.03. The molecular weight excluding hydrogens is 527 g/mol. The molecule has 0 saturated heterocycles. The Kier molecular flexibility index (Phi) is 10.3. The van der Waals surface area contributed by atoms with Gasteiger partial charge in [-0.25, -0.2) is 9.79 Å². The maximum Gasteiger partial charge on any atom is 0.390 e. The van der Waals surface area contributed by atoms with E-state index in [4.69, 9.17) is 20.9 Å². The van der Waals surface area contributed by atoms with Crippen LogP contribution in [0.2, 0.25) is 0 Å². The maximum absolute atomic E-state index is 13.1. The lowest BCUT2D eigenvalue weighted by atomic mass is 9.95. The first-order chi connectivity index (χ1) is 18.5. The van der Waals surface area contributed by atoms with Crippen LogP contribution >= 0.6 is 11.3 Å². The lowest BCUT2D eigenvalue weighted by molar-refractivity contribution is -0.135. The summed E-state index contributed by atoms with van der Waals surface area (Å²) in [5, 5.41) is 13.9. The number of ether oxygens (including phenoxy) is 1. The SMILES string of the molecule is CCOC1=CC(=N\c2cc(C)cs2)/C(=C(\N)CNC(=O)N(CCC(F)(F)F)C(=N)c2ccc(CC)cc2)CC1. The number of nitrogens with two attached hydrogens (primary N) is 1. The largest absolute Gasteiger partial charge is 0.498 e. The second-order valence-electron chi connectivity index (χ2n) is 9.08. The van der Waals surface area contributed by atoms with Crippen LogP contribution in [-0.2, 0) is 11.2 Å². The molecule has 11 heteroatoms. The molecule has 0 unspecified atom stereocenters. The van der Waals surface area contributed by atoms with Crippen molar-refractivity contribution in [2.45, 2.75) is 52.6 Å². The van der Waals surface area contributed by atoms with E-state index in [0.717, 1.165) is 38.8 Å². The Balaban J connectivity index is 1.82. The molecule has 0 spiro atoms. The van der Waals surface area contributed by atoms with E-state index in [0.29, 0.717) is 36.4 Å². The van der Waals surface area contributed by atoms with E-state index in [1.165, 1.54) is 11.3 Å². The summed E-state index contributed by atoms with van der Waals surface area (Å²) in [6, 6.07) is 7.95. The minimum absolute atomic E-state index is 0.112. The highest BCUT2D eigenvalue weighted by Crippen LogP contribution is 2.29. The second-order valence-corrected chi connectivity index (χ2v) is 9.97. The van der Waals surface area contributed by atoms with Gasteiger partial charge in [0.1, 0.15) is 10.8 Å². The summed E-state index contributed by atoms with van der Waals surface area (Å²) in [5.74, 6) is 0.467. The standard InChI is InChI=1S/C28H34F3N5O2S/c1-4-19-6-8-20(9-7-19)26(33)36(13-12-28(29,30)31)27(37)34-16-23(32)22-11-10-21(38-5-2)15-24(22)35-25-14-18(3)17-39-25/h6-9,14-15,17,33H,4-5,10-13,16,32H2,1-3H3,(H,34,37)/b23-22-,33-26?,35-24+. The highest BCUT2D eigenvalue weighted by atomic mass is 32.1. The van der Waals surface area contributed by atoms with E-state index in [-0.39, 0.29) is 12.4 Å². The van der Waals surface area contributed by atoms with Gasteiger partial charge in [0.05, 0.1) is 31.0 Å². The Morgan fingerprint density at radius 2 is 1.95 bits per heavy atom. The number of amidine groups is 1. The van der Waals surface area contributed by atoms with Gasteiger partial charge < -0.3 is 15.8 Å². The molecule has 1 aliphatic rings. The molecule has 3 rings (SSSR count). The van der Waals surface area contributed by atoms with Crippen LogP contribution in [0.5, 0.6) is 0 Å². The van der Waals surface area contributed by atoms with E-state index < -0.39 is 25.2 Å². The van der Waals surface area contributed by atoms with Gasteiger partial charge in [0.25, 0.3) is 0 Å². The number of halogens is 3. The summed E-state index contributed by atoms with van der Waals surface area (Å²) < 4.78 is 44.8. The summed E-state index contributed by atoms with van der Waals surface area (Å²) in [6.45, 7) is 5.56. The van der Waals surface area contributed by atoms with Gasteiger partial charge in [0, 0.05) is 30.3 Å². The Morgan fingerprint density at radius 1 is 1.23 bits per heavy atom. The van der Waals surface area contributed by atoms with E-state index in [2.05, 4.69) is 5.32 Å². The van der Waals surface area contributed by atoms with Crippen molar-refractivity contribution in [1.29, 1.82) is 5.41 Å². The van der Waals surface area contributed by atoms with Gasteiger partial charge in [-0.05, 0) is 54.8 Å². The number of amides is 2. The number of hydrogen-bond acceptors (Lipinski definition) is 6. The molecule has 0 atom stereocenters. The number of allylic oxidation sites excluding steroid dienone is 3. The summed E-state index contributed by atoms with van der Waals surface area (Å²) in [6.07, 6.45) is -1.97. The van der Waals surface area contributed by atoms with Crippen molar-refractivity contribution >= 4 is 33.9 Å². The molecule has 7 nitrogen and oxygen atoms in total. The topological polar surface area (TPSA) is 104 Å². The fourth-order valence-corrected chi connectivity index (χ4v) is 4.77. The van der Waals surface area contributed by atoms with Gasteiger partial charge in [-0.15, -0.1) is 11.3 Å². The lowest BCUT2D eigenvalue weighted by Gasteiger charge is -2.25. The Hall–Kier alpha value is -3.60. The molecular formula is C28H34F3N5O2S. The first-order valence-electron chi connectivity index (χ1n) is 12.8. The van der Waals surface area contributed by atoms with E-state index in [1.54, 1.807) is 24.3 Å². The first kappa shape index (κ1) is 29.9. The maximum atomic E-state index is 13.1. The van der Waals surface area contributed by atoms with Crippen LogP contribution < -0.4 is 11.1 Å². The van der Waals surface area contributed by atoms with E-state index >= 15 is 0 Å². The molecule has 0 saturated carbocycles. The lowest BCUT2D eigenvalue weighted by Crippen LogP contribution is -2.46. The molecule has 1 aromatic carbocycles. The van der Waals surface area contributed by atoms with Gasteiger partial charge in [-0.2, -0.15) is 13.2 Å². The van der Waals surface area contributed by atoms with Crippen LogP contribution in [0, 0.1) is 12.3 Å². The molecule has 2 aromatic rings. The molecule has 210 valence electrons. The molecule has 1 heterocycles. The predicted molar refractivity (Wildman–Crippen MR) is 150 cm³/mol. The fourth-order valence-electron chi connectivity index (χ4n) is 3.99. The number of carbonyl (C=O) groups is 1. The molecule has 39 heavy (non-hydrogen) atoms. The number of hydrogen-bond donors (Lipinski definition) is 3. The van der Waals surface area contributed by atoms with Crippen molar-refractivity contribution in [2.75, 3.05) is 19.7 Å². The Morgan fingerprint density at radius 3 is 2.54 bits per heavy atom. The highest BCUT2D eigenvalue weighted by molar-refractivity contribution is 7.14. The molecule has 1 aliphatic carbocycles. The summed E-state index contributed by atoms with van der Waals surface area (Å²) >= 11 is 1.49. The monoisotopic (exact) mass is 561 g/mol. The average molecular weight is 562 g/mol. The van der Waals surface area contributed by atoms with Gasteiger partial charge in [-0.1, -0.05) is 31.2 Å². The minimum Gasteiger partial charge on any atom is -0.498 e. The number of rotatable bonds is 9. The van der Waals surface area contributed by atoms with Crippen LogP contribution in [0.1, 0.15) is 49.8 Å². The average Bonchev–Trinajstić information content (AvgIpc) is 3.31. The zero-order valence-electron chi connectivity index (χ0n) is 22.3. The van der Waals surface area contributed by atoms with Crippen LogP contribution in [0.15, 0.2) is 63.8 Å². The van der Waals surface area contributed by atoms with Gasteiger partial charge in [-0.3, -0.25) is 10.3 Å². The van der Waals surface area contributed by atoms with Crippen LogP contribution in [0.25, 0.3) is 0 Å². The highest BCUT2D eigenvalue weighted by Gasteiger charge is 2.31. The van der Waals surface area contributed by atoms with Crippen molar-refractivity contribution in [3.63, 3.8) is 0 Å². The summed E-state index contributed by atoms with van der Waals surface area (Å²) in [7, 11) is 0. The van der Waals surface area contributed by atoms with Crippen molar-refractivity contribution in [3.8, 4) is 0 Å². The van der Waals surface area contributed by atoms with Crippen molar-refractivity contribution < 1.29 is 22.7 Å². The quantitative estimate of drug-likeness (QED) is 0.237. The number of thiophene rings is 1. The van der Waals surface area contributed by atoms with Gasteiger partial charge in [0.2, 0.25) is 0 Å². The number of alkyl halides is 3. The fraction of sp³-hybridized carbons (Fsp3) is 0.393. The number of nitrogens with zero attached hydrogens (tertiary/aromatic N) is 2. The Bertz CT molecular complexity index is 1260. The van der Waals surface area contributed by atoms with Gasteiger partial charge in [0.15, 0.2) is 0 Å². The third-order valence-electron chi connectivity index (χ3n) is 6.09. The Labute approximate surface area is 230 Å². The summed E-state index contributed by atoms with van der Waals surface area (Å²) in [5.41, 5.74) is 10.5. The minimum atomic E-state index is -4.48. The van der Waals surface area contributed by atoms with Gasteiger partial charge >= 0.3 is 12.2 Å². The van der Waals surface area contributed by atoms with Crippen LogP contribution in [0.3, 0.4) is 0 Å². The molecule has 2 amide bonds. The van der Waals surface area contributed by atoms with E-state index in [1.807, 2.05) is 38.3 Å². The normalized spacial score (nSPS) is 16.1.